The molecule has 0 aliphatic carbocycles. The highest BCUT2D eigenvalue weighted by Crippen LogP contribution is 2.44. The van der Waals surface area contributed by atoms with Crippen LogP contribution in [0.5, 0.6) is 0 Å². The van der Waals surface area contributed by atoms with Crippen LogP contribution in [0, 0.1) is 11.8 Å². The Morgan fingerprint density at radius 2 is 1.36 bits per heavy atom. The van der Waals surface area contributed by atoms with E-state index in [1.165, 1.54) is 19.3 Å². The van der Waals surface area contributed by atoms with Crippen molar-refractivity contribution >= 4 is 8.32 Å². The molecule has 0 radical (unpaired) electrons. The van der Waals surface area contributed by atoms with Crippen LogP contribution in [-0.4, -0.2) is 14.4 Å². The van der Waals surface area contributed by atoms with Crippen molar-refractivity contribution in [2.24, 2.45) is 11.8 Å². The van der Waals surface area contributed by atoms with Gasteiger partial charge in [0.25, 0.3) is 0 Å². The van der Waals surface area contributed by atoms with E-state index in [1.54, 1.807) is 0 Å². The number of hydrogen-bond donors (Lipinski definition) is 0. The molecule has 0 aromatic carbocycles. The molecule has 0 saturated carbocycles. The highest BCUT2D eigenvalue weighted by atomic mass is 28.4. The lowest BCUT2D eigenvalue weighted by Crippen LogP contribution is -2.52. The van der Waals surface area contributed by atoms with Gasteiger partial charge in [-0.3, -0.25) is 0 Å². The van der Waals surface area contributed by atoms with Crippen molar-refractivity contribution in [3.8, 4) is 0 Å². The van der Waals surface area contributed by atoms with Crippen LogP contribution in [0.15, 0.2) is 12.7 Å². The fraction of sp³-hybridized carbons (Fsp3) is 0.900. The van der Waals surface area contributed by atoms with Gasteiger partial charge in [-0.1, -0.05) is 81.2 Å². The van der Waals surface area contributed by atoms with Gasteiger partial charge in [-0.25, -0.2) is 0 Å². The second kappa shape index (κ2) is 9.92. The molecular formula is C20H42OSi. The summed E-state index contributed by atoms with van der Waals surface area (Å²) in [4.78, 5) is 0. The van der Waals surface area contributed by atoms with Crippen LogP contribution in [-0.2, 0) is 4.43 Å². The van der Waals surface area contributed by atoms with E-state index < -0.39 is 8.32 Å². The van der Waals surface area contributed by atoms with Gasteiger partial charge in [0, 0.05) is 5.92 Å². The van der Waals surface area contributed by atoms with Crippen molar-refractivity contribution in [2.45, 2.75) is 104 Å². The van der Waals surface area contributed by atoms with E-state index in [0.717, 1.165) is 0 Å². The van der Waals surface area contributed by atoms with Crippen LogP contribution >= 0.6 is 0 Å². The Hall–Kier alpha value is -0.0831. The van der Waals surface area contributed by atoms with Gasteiger partial charge in [-0.05, 0) is 29.0 Å². The molecule has 2 atom stereocenters. The first-order chi connectivity index (χ1) is 10.1. The largest absolute Gasteiger partial charge is 0.412 e. The smallest absolute Gasteiger partial charge is 0.200 e. The Morgan fingerprint density at radius 3 is 1.64 bits per heavy atom. The Morgan fingerprint density at radius 1 is 0.909 bits per heavy atom. The van der Waals surface area contributed by atoms with Crippen molar-refractivity contribution in [1.82, 2.24) is 0 Å². The zero-order valence-corrected chi connectivity index (χ0v) is 17.8. The minimum absolute atomic E-state index is 0.322. The van der Waals surface area contributed by atoms with Crippen LogP contribution in [0.4, 0.5) is 0 Å². The summed E-state index contributed by atoms with van der Waals surface area (Å²) in [6, 6.07) is 0. The molecule has 0 spiro atoms. The summed E-state index contributed by atoms with van der Waals surface area (Å²) in [6.45, 7) is 25.2. The number of hydrogen-bond acceptors (Lipinski definition) is 1. The second-order valence-corrected chi connectivity index (χ2v) is 13.6. The van der Waals surface area contributed by atoms with Gasteiger partial charge in [-0.2, -0.15) is 0 Å². The van der Waals surface area contributed by atoms with Crippen molar-refractivity contribution in [3.63, 3.8) is 0 Å². The van der Waals surface area contributed by atoms with E-state index in [0.29, 0.717) is 34.6 Å². The Kier molecular flexibility index (Phi) is 9.89. The van der Waals surface area contributed by atoms with Crippen LogP contribution in [0.1, 0.15) is 81.6 Å². The molecule has 22 heavy (non-hydrogen) atoms. The third-order valence-electron chi connectivity index (χ3n) is 5.32. The molecule has 0 aliphatic rings. The maximum atomic E-state index is 7.10. The molecule has 1 nitrogen and oxygen atoms in total. The highest BCUT2D eigenvalue weighted by molar-refractivity contribution is 6.77. The quantitative estimate of drug-likeness (QED) is 0.288. The zero-order chi connectivity index (χ0) is 17.5. The van der Waals surface area contributed by atoms with Gasteiger partial charge in [0.2, 0.25) is 8.32 Å². The SMILES string of the molecule is C=C[C@H](CCCC)[C@@H](O[Si](C(C)C)(C(C)C)C(C)C)C(C)C. The number of rotatable bonds is 11. The molecule has 0 unspecified atom stereocenters. The summed E-state index contributed by atoms with van der Waals surface area (Å²) >= 11 is 0. The van der Waals surface area contributed by atoms with Crippen molar-refractivity contribution < 1.29 is 4.43 Å². The topological polar surface area (TPSA) is 9.23 Å². The third-order valence-corrected chi connectivity index (χ3v) is 11.4. The first-order valence-electron chi connectivity index (χ1n) is 9.45. The normalized spacial score (nSPS) is 15.9. The minimum Gasteiger partial charge on any atom is -0.412 e. The monoisotopic (exact) mass is 326 g/mol. The van der Waals surface area contributed by atoms with Crippen molar-refractivity contribution in [3.05, 3.63) is 12.7 Å². The molecule has 0 bridgehead atoms. The highest BCUT2D eigenvalue weighted by Gasteiger charge is 2.47. The van der Waals surface area contributed by atoms with Crippen LogP contribution in [0.2, 0.25) is 16.6 Å². The standard InChI is InChI=1S/C20H42OSi/c1-11-13-14-19(12-2)20(15(3)4)21-22(16(5)6,17(7)8)18(9)10/h12,15-20H,2,11,13-14H2,1,3-10H3/t19-,20+/m1/s1. The van der Waals surface area contributed by atoms with Crippen molar-refractivity contribution in [2.75, 3.05) is 0 Å². The van der Waals surface area contributed by atoms with Crippen LogP contribution in [0.3, 0.4) is 0 Å². The molecule has 0 aromatic rings. The average molecular weight is 327 g/mol. The van der Waals surface area contributed by atoms with Crippen molar-refractivity contribution in [1.29, 1.82) is 0 Å². The average Bonchev–Trinajstić information content (AvgIpc) is 2.40. The summed E-state index contributed by atoms with van der Waals surface area (Å²) in [5.41, 5.74) is 1.93. The first kappa shape index (κ1) is 21.9. The van der Waals surface area contributed by atoms with E-state index in [-0.39, 0.29) is 0 Å². The van der Waals surface area contributed by atoms with Gasteiger partial charge in [0.1, 0.15) is 0 Å². The van der Waals surface area contributed by atoms with E-state index in [4.69, 9.17) is 4.43 Å². The lowest BCUT2D eigenvalue weighted by molar-refractivity contribution is 0.0846. The summed E-state index contributed by atoms with van der Waals surface area (Å²) < 4.78 is 7.10. The molecule has 0 amide bonds. The van der Waals surface area contributed by atoms with E-state index in [9.17, 15) is 0 Å². The van der Waals surface area contributed by atoms with Crippen LogP contribution in [0.25, 0.3) is 0 Å². The van der Waals surface area contributed by atoms with Gasteiger partial charge >= 0.3 is 0 Å². The summed E-state index contributed by atoms with van der Waals surface area (Å²) in [7, 11) is -1.82. The predicted molar refractivity (Wildman–Crippen MR) is 104 cm³/mol. The minimum atomic E-state index is -1.82. The first-order valence-corrected chi connectivity index (χ1v) is 11.6. The summed E-state index contributed by atoms with van der Waals surface area (Å²) in [5.74, 6) is 1.03. The molecule has 2 heteroatoms. The fourth-order valence-corrected chi connectivity index (χ4v) is 9.95. The van der Waals surface area contributed by atoms with Gasteiger partial charge < -0.3 is 4.43 Å². The van der Waals surface area contributed by atoms with E-state index in [1.807, 2.05) is 0 Å². The second-order valence-electron chi connectivity index (χ2n) is 8.19. The maximum Gasteiger partial charge on any atom is 0.200 e. The Balaban J connectivity index is 5.52. The molecule has 0 saturated heterocycles. The lowest BCUT2D eigenvalue weighted by Gasteiger charge is -2.47. The molecule has 0 aromatic heterocycles. The van der Waals surface area contributed by atoms with E-state index >= 15 is 0 Å². The molecule has 0 N–H and O–H groups in total. The van der Waals surface area contributed by atoms with Gasteiger partial charge in [-0.15, -0.1) is 6.58 Å². The molecule has 132 valence electrons. The summed E-state index contributed by atoms with van der Waals surface area (Å²) in [6.07, 6.45) is 6.20. The fourth-order valence-electron chi connectivity index (χ4n) is 4.22. The maximum absolute atomic E-state index is 7.10. The lowest BCUT2D eigenvalue weighted by atomic mass is 9.89. The number of unbranched alkanes of at least 4 members (excludes halogenated alkanes) is 1. The van der Waals surface area contributed by atoms with E-state index in [2.05, 4.69) is 75.0 Å². The molecule has 0 fully saturated rings. The Labute approximate surface area is 142 Å². The predicted octanol–water partition coefficient (Wildman–Crippen LogP) is 7.20. The molecule has 0 aliphatic heterocycles. The van der Waals surface area contributed by atoms with Crippen LogP contribution < -0.4 is 0 Å². The summed E-state index contributed by atoms with van der Waals surface area (Å²) in [5, 5.41) is 0. The zero-order valence-electron chi connectivity index (χ0n) is 16.8. The Bertz CT molecular complexity index is 285. The molecule has 0 rings (SSSR count). The molecular weight excluding hydrogens is 284 g/mol. The van der Waals surface area contributed by atoms with Gasteiger partial charge in [0.05, 0.1) is 6.10 Å². The van der Waals surface area contributed by atoms with Gasteiger partial charge in [0.15, 0.2) is 0 Å². The third kappa shape index (κ3) is 5.23. The molecule has 0 heterocycles.